The summed E-state index contributed by atoms with van der Waals surface area (Å²) in [7, 11) is 0. The second-order valence-electron chi connectivity index (χ2n) is 8.30. The summed E-state index contributed by atoms with van der Waals surface area (Å²) in [6.45, 7) is 10.4. The topological polar surface area (TPSA) is 170 Å². The lowest BCUT2D eigenvalue weighted by Gasteiger charge is -2.31. The molecule has 0 spiro atoms. The maximum Gasteiger partial charge on any atom is 0.513 e. The van der Waals surface area contributed by atoms with Crippen molar-refractivity contribution in [3.05, 3.63) is 23.8 Å². The number of carbonyl (C=O) groups is 4. The molecule has 0 fully saturated rings. The number of rotatable bonds is 12. The van der Waals surface area contributed by atoms with Gasteiger partial charge in [0.2, 0.25) is 0 Å². The van der Waals surface area contributed by atoms with Crippen molar-refractivity contribution in [2.24, 2.45) is 17.6 Å². The van der Waals surface area contributed by atoms with Gasteiger partial charge in [0.1, 0.15) is 12.1 Å². The first-order chi connectivity index (χ1) is 16.9. The third-order valence-corrected chi connectivity index (χ3v) is 5.06. The van der Waals surface area contributed by atoms with Gasteiger partial charge in [0, 0.05) is 11.8 Å². The van der Waals surface area contributed by atoms with Gasteiger partial charge in [0.15, 0.2) is 11.5 Å². The lowest BCUT2D eigenvalue weighted by molar-refractivity contribution is -0.139. The molecule has 0 bridgehead atoms. The maximum absolute atomic E-state index is 12.0. The number of carbonyl (C=O) groups excluding carboxylic acids is 3. The molecule has 0 aliphatic heterocycles. The third-order valence-electron chi connectivity index (χ3n) is 5.06. The van der Waals surface area contributed by atoms with Crippen LogP contribution in [0.15, 0.2) is 18.2 Å². The van der Waals surface area contributed by atoms with Gasteiger partial charge < -0.3 is 39.3 Å². The number of carboxylic acids is 1. The van der Waals surface area contributed by atoms with Crippen LogP contribution in [0, 0.1) is 11.8 Å². The molecule has 1 aromatic rings. The van der Waals surface area contributed by atoms with Gasteiger partial charge in [-0.25, -0.2) is 14.4 Å². The van der Waals surface area contributed by atoms with Crippen LogP contribution in [0.2, 0.25) is 0 Å². The van der Waals surface area contributed by atoms with Crippen LogP contribution in [0.25, 0.3) is 0 Å². The van der Waals surface area contributed by atoms with Crippen LogP contribution in [-0.2, 0) is 23.7 Å². The number of benzene rings is 1. The van der Waals surface area contributed by atoms with Crippen molar-refractivity contribution in [3.63, 3.8) is 0 Å². The van der Waals surface area contributed by atoms with Crippen LogP contribution in [0.1, 0.15) is 53.0 Å². The zero-order valence-corrected chi connectivity index (χ0v) is 21.3. The molecule has 0 aliphatic rings. The summed E-state index contributed by atoms with van der Waals surface area (Å²) in [6, 6.07) is 2.64. The highest BCUT2D eigenvalue weighted by atomic mass is 16.7. The minimum Gasteiger partial charge on any atom is -0.480 e. The summed E-state index contributed by atoms with van der Waals surface area (Å²) < 4.78 is 30.2. The number of nitrogens with two attached hydrogens (primary N) is 1. The highest BCUT2D eigenvalue weighted by Gasteiger charge is 2.36. The summed E-state index contributed by atoms with van der Waals surface area (Å²) >= 11 is 0. The highest BCUT2D eigenvalue weighted by molar-refractivity contribution is 5.75. The largest absolute Gasteiger partial charge is 0.513 e. The Balaban J connectivity index is 3.35. The van der Waals surface area contributed by atoms with Gasteiger partial charge in [-0.15, -0.1) is 0 Å². The molecule has 202 valence electrons. The Morgan fingerprint density at radius 1 is 0.861 bits per heavy atom. The van der Waals surface area contributed by atoms with Gasteiger partial charge in [-0.3, -0.25) is 4.79 Å². The third kappa shape index (κ3) is 9.61. The molecular formula is C24H35NO11. The molecular weight excluding hydrogens is 478 g/mol. The van der Waals surface area contributed by atoms with Crippen LogP contribution < -0.4 is 15.2 Å². The predicted octanol–water partition coefficient (Wildman–Crippen LogP) is 4.09. The smallest absolute Gasteiger partial charge is 0.480 e. The molecule has 0 saturated carbocycles. The van der Waals surface area contributed by atoms with Crippen LogP contribution in [0.5, 0.6) is 11.5 Å². The lowest BCUT2D eigenvalue weighted by Crippen LogP contribution is -2.42. The summed E-state index contributed by atoms with van der Waals surface area (Å²) in [4.78, 5) is 47.6. The summed E-state index contributed by atoms with van der Waals surface area (Å²) in [6.07, 6.45) is -3.80. The average Bonchev–Trinajstić information content (AvgIpc) is 2.79. The standard InChI is InChI=1S/C24H35NO11/c1-7-31-22(28)35-17-10-9-16(11-18(17)36-23(29)32-8-2)19(20(25)21(26)27)14(5)15(6)34-24(30)33-12-13(3)4/h9-11,13-15,19-20H,7-8,12,25H2,1-6H3,(H,26,27)/t14-,15+,19?,20-/m0/s1. The van der Waals surface area contributed by atoms with E-state index < -0.39 is 48.4 Å². The minimum atomic E-state index is -1.43. The van der Waals surface area contributed by atoms with E-state index in [0.717, 1.165) is 0 Å². The number of aliphatic carboxylic acids is 1. The van der Waals surface area contributed by atoms with Gasteiger partial charge in [-0.05, 0) is 44.4 Å². The number of hydrogen-bond donors (Lipinski definition) is 2. The van der Waals surface area contributed by atoms with Crippen LogP contribution >= 0.6 is 0 Å². The van der Waals surface area contributed by atoms with Gasteiger partial charge in [-0.2, -0.15) is 0 Å². The molecule has 12 heteroatoms. The van der Waals surface area contributed by atoms with E-state index in [1.165, 1.54) is 18.2 Å². The second kappa shape index (κ2) is 14.8. The first-order valence-electron chi connectivity index (χ1n) is 11.6. The molecule has 1 unspecified atom stereocenters. The van der Waals surface area contributed by atoms with Crippen LogP contribution in [0.3, 0.4) is 0 Å². The van der Waals surface area contributed by atoms with E-state index in [1.807, 2.05) is 13.8 Å². The molecule has 0 radical (unpaired) electrons. The summed E-state index contributed by atoms with van der Waals surface area (Å²) in [5.74, 6) is -3.14. The normalized spacial score (nSPS) is 14.1. The van der Waals surface area contributed by atoms with E-state index in [0.29, 0.717) is 5.56 Å². The Bertz CT molecular complexity index is 902. The van der Waals surface area contributed by atoms with Gasteiger partial charge in [0.25, 0.3) is 0 Å². The Kier molecular flexibility index (Phi) is 12.5. The molecule has 0 amide bonds. The zero-order chi connectivity index (χ0) is 27.4. The molecule has 0 saturated heterocycles. The van der Waals surface area contributed by atoms with Crippen molar-refractivity contribution in [2.45, 2.75) is 59.6 Å². The quantitative estimate of drug-likeness (QED) is 0.233. The van der Waals surface area contributed by atoms with Crippen molar-refractivity contribution in [3.8, 4) is 11.5 Å². The molecule has 1 aromatic carbocycles. The van der Waals surface area contributed by atoms with E-state index >= 15 is 0 Å². The van der Waals surface area contributed by atoms with Crippen molar-refractivity contribution in [1.29, 1.82) is 0 Å². The Labute approximate surface area is 209 Å². The van der Waals surface area contributed by atoms with Crippen LogP contribution in [0.4, 0.5) is 14.4 Å². The summed E-state index contributed by atoms with van der Waals surface area (Å²) in [5.41, 5.74) is 6.33. The minimum absolute atomic E-state index is 0.0257. The molecule has 4 atom stereocenters. The number of hydrogen-bond acceptors (Lipinski definition) is 11. The number of carboxylic acid groups (broad SMARTS) is 1. The summed E-state index contributed by atoms with van der Waals surface area (Å²) in [5, 5.41) is 9.64. The Morgan fingerprint density at radius 2 is 1.42 bits per heavy atom. The van der Waals surface area contributed by atoms with Gasteiger partial charge in [0.05, 0.1) is 19.8 Å². The monoisotopic (exact) mass is 513 g/mol. The first-order valence-corrected chi connectivity index (χ1v) is 11.6. The van der Waals surface area contributed by atoms with Crippen LogP contribution in [-0.4, -0.2) is 61.5 Å². The van der Waals surface area contributed by atoms with Crippen molar-refractivity contribution < 1.29 is 52.7 Å². The molecule has 3 N–H and O–H groups in total. The predicted molar refractivity (Wildman–Crippen MR) is 126 cm³/mol. The van der Waals surface area contributed by atoms with Crippen molar-refractivity contribution in [2.75, 3.05) is 19.8 Å². The molecule has 12 nitrogen and oxygen atoms in total. The molecule has 36 heavy (non-hydrogen) atoms. The number of ether oxygens (including phenoxy) is 6. The molecule has 1 rings (SSSR count). The lowest BCUT2D eigenvalue weighted by atomic mass is 9.79. The van der Waals surface area contributed by atoms with E-state index in [-0.39, 0.29) is 37.2 Å². The SMILES string of the molecule is CCOC(=O)Oc1ccc(C([C@H](N)C(=O)O)[C@@H](C)[C@@H](C)OC(=O)OCC(C)C)cc1OC(=O)OCC. The van der Waals surface area contributed by atoms with E-state index in [1.54, 1.807) is 27.7 Å². The van der Waals surface area contributed by atoms with Gasteiger partial charge in [-0.1, -0.05) is 26.8 Å². The fraction of sp³-hybridized carbons (Fsp3) is 0.583. The molecule has 0 aliphatic carbocycles. The van der Waals surface area contributed by atoms with E-state index in [2.05, 4.69) is 0 Å². The van der Waals surface area contributed by atoms with E-state index in [9.17, 15) is 24.3 Å². The average molecular weight is 514 g/mol. The Morgan fingerprint density at radius 3 is 1.92 bits per heavy atom. The first kappa shape index (κ1) is 30.5. The fourth-order valence-corrected chi connectivity index (χ4v) is 3.18. The van der Waals surface area contributed by atoms with E-state index in [4.69, 9.17) is 34.2 Å². The molecule has 0 aromatic heterocycles. The van der Waals surface area contributed by atoms with Crippen molar-refractivity contribution in [1.82, 2.24) is 0 Å². The molecule has 0 heterocycles. The Hall–Kier alpha value is -3.54. The maximum atomic E-state index is 12.0. The highest BCUT2D eigenvalue weighted by Crippen LogP contribution is 2.37. The van der Waals surface area contributed by atoms with Crippen molar-refractivity contribution >= 4 is 24.4 Å². The zero-order valence-electron chi connectivity index (χ0n) is 21.3. The second-order valence-corrected chi connectivity index (χ2v) is 8.30. The fourth-order valence-electron chi connectivity index (χ4n) is 3.18. The van der Waals surface area contributed by atoms with Gasteiger partial charge >= 0.3 is 24.4 Å².